The summed E-state index contributed by atoms with van der Waals surface area (Å²) in [4.78, 5) is 21.5. The second-order valence-electron chi connectivity index (χ2n) is 3.68. The highest BCUT2D eigenvalue weighted by molar-refractivity contribution is 5.95. The van der Waals surface area contributed by atoms with Crippen LogP contribution < -0.4 is 0 Å². The number of carboxylic acid groups (broad SMARTS) is 2. The Labute approximate surface area is 103 Å². The monoisotopic (exact) mass is 254 g/mol. The molecule has 18 heavy (non-hydrogen) atoms. The summed E-state index contributed by atoms with van der Waals surface area (Å²) in [5.41, 5.74) is 1.82. The number of aromatic carboxylic acids is 2. The quantitative estimate of drug-likeness (QED) is 0.610. The Bertz CT molecular complexity index is 423. The Morgan fingerprint density at radius 1 is 0.889 bits per heavy atom. The van der Waals surface area contributed by atoms with E-state index in [4.69, 9.17) is 20.4 Å². The van der Waals surface area contributed by atoms with Gasteiger partial charge in [-0.25, -0.2) is 9.59 Å². The van der Waals surface area contributed by atoms with Crippen molar-refractivity contribution >= 4 is 11.9 Å². The normalized spacial score (nSPS) is 11.7. The second kappa shape index (κ2) is 6.13. The lowest BCUT2D eigenvalue weighted by atomic mass is 9.81. The third-order valence-corrected chi connectivity index (χ3v) is 2.62. The van der Waals surface area contributed by atoms with Gasteiger partial charge in [0.1, 0.15) is 0 Å². The van der Waals surface area contributed by atoms with E-state index in [9.17, 15) is 9.59 Å². The summed E-state index contributed by atoms with van der Waals surface area (Å²) in [6.45, 7) is -0.250. The molecule has 4 N–H and O–H groups in total. The Kier molecular flexibility index (Phi) is 4.82. The number of hydrogen-bond donors (Lipinski definition) is 4. The van der Waals surface area contributed by atoms with Crippen LogP contribution in [0.25, 0.3) is 0 Å². The van der Waals surface area contributed by atoms with E-state index in [0.717, 1.165) is 0 Å². The van der Waals surface area contributed by atoms with Crippen LogP contribution in [0, 0.1) is 0 Å². The molecular formula is C12H14O6. The molecule has 0 unspecified atom stereocenters. The largest absolute Gasteiger partial charge is 0.478 e. The number of carboxylic acids is 2. The molecule has 1 aliphatic rings. The van der Waals surface area contributed by atoms with Crippen molar-refractivity contribution in [2.24, 2.45) is 0 Å². The van der Waals surface area contributed by atoms with Crippen molar-refractivity contribution < 1.29 is 30.0 Å². The van der Waals surface area contributed by atoms with Gasteiger partial charge in [0, 0.05) is 0 Å². The lowest BCUT2D eigenvalue weighted by Gasteiger charge is -2.22. The fourth-order valence-corrected chi connectivity index (χ4v) is 1.74. The van der Waals surface area contributed by atoms with Crippen LogP contribution in [0.5, 0.6) is 0 Å². The van der Waals surface area contributed by atoms with Crippen LogP contribution in [-0.4, -0.2) is 45.6 Å². The van der Waals surface area contributed by atoms with Crippen LogP contribution in [0.15, 0.2) is 12.1 Å². The lowest BCUT2D eigenvalue weighted by Crippen LogP contribution is -2.19. The highest BCUT2D eigenvalue weighted by atomic mass is 16.4. The van der Waals surface area contributed by atoms with Gasteiger partial charge in [0.25, 0.3) is 0 Å². The Balaban J connectivity index is 0.000000357. The topological polar surface area (TPSA) is 115 Å². The molecule has 1 aromatic rings. The van der Waals surface area contributed by atoms with Gasteiger partial charge in [-0.3, -0.25) is 0 Å². The van der Waals surface area contributed by atoms with Crippen LogP contribution in [0.3, 0.4) is 0 Å². The van der Waals surface area contributed by atoms with E-state index >= 15 is 0 Å². The molecular weight excluding hydrogens is 240 g/mol. The Hall–Kier alpha value is -1.92. The lowest BCUT2D eigenvalue weighted by molar-refractivity contribution is 0.0677. The first-order chi connectivity index (χ1) is 8.52. The van der Waals surface area contributed by atoms with Gasteiger partial charge in [0.15, 0.2) is 0 Å². The summed E-state index contributed by atoms with van der Waals surface area (Å²) in [5.74, 6) is -1.98. The molecule has 0 heterocycles. The van der Waals surface area contributed by atoms with E-state index in [-0.39, 0.29) is 24.3 Å². The molecule has 0 aliphatic heterocycles. The zero-order valence-corrected chi connectivity index (χ0v) is 9.59. The number of rotatable bonds is 3. The van der Waals surface area contributed by atoms with E-state index in [1.807, 2.05) is 0 Å². The maximum Gasteiger partial charge on any atom is 0.335 e. The zero-order chi connectivity index (χ0) is 13.7. The van der Waals surface area contributed by atoms with Gasteiger partial charge in [0.2, 0.25) is 0 Å². The number of hydrogen-bond acceptors (Lipinski definition) is 4. The molecule has 1 aliphatic carbocycles. The van der Waals surface area contributed by atoms with Gasteiger partial charge in [-0.05, 0) is 36.1 Å². The van der Waals surface area contributed by atoms with Gasteiger partial charge in [-0.1, -0.05) is 0 Å². The first kappa shape index (κ1) is 14.1. The fourth-order valence-electron chi connectivity index (χ4n) is 1.74. The predicted octanol–water partition coefficient (Wildman–Crippen LogP) is 0.153. The van der Waals surface area contributed by atoms with E-state index in [0.29, 0.717) is 24.0 Å². The molecule has 0 bridgehead atoms. The molecule has 0 amide bonds. The summed E-state index contributed by atoms with van der Waals surface area (Å²) in [6, 6.07) is 2.73. The summed E-state index contributed by atoms with van der Waals surface area (Å²) in [7, 11) is 0. The van der Waals surface area contributed by atoms with Crippen molar-refractivity contribution in [3.63, 3.8) is 0 Å². The molecule has 98 valence electrons. The van der Waals surface area contributed by atoms with Crippen molar-refractivity contribution in [1.29, 1.82) is 0 Å². The molecule has 0 fully saturated rings. The van der Waals surface area contributed by atoms with Crippen LogP contribution in [-0.2, 0) is 12.8 Å². The molecule has 0 atom stereocenters. The summed E-state index contributed by atoms with van der Waals surface area (Å²) in [6.07, 6.45) is 1.33. The molecule has 2 rings (SSSR count). The van der Waals surface area contributed by atoms with Gasteiger partial charge in [0.05, 0.1) is 24.3 Å². The van der Waals surface area contributed by atoms with Crippen LogP contribution in [0.2, 0.25) is 0 Å². The van der Waals surface area contributed by atoms with Gasteiger partial charge >= 0.3 is 11.9 Å². The maximum absolute atomic E-state index is 10.7. The molecule has 0 saturated carbocycles. The van der Waals surface area contributed by atoms with Gasteiger partial charge in [-0.2, -0.15) is 0 Å². The van der Waals surface area contributed by atoms with E-state index in [2.05, 4.69) is 0 Å². The number of aliphatic hydroxyl groups is 2. The second-order valence-corrected chi connectivity index (χ2v) is 3.68. The minimum atomic E-state index is -0.988. The smallest absolute Gasteiger partial charge is 0.335 e. The number of benzene rings is 1. The molecule has 1 aromatic carbocycles. The summed E-state index contributed by atoms with van der Waals surface area (Å²) in [5, 5.41) is 32.9. The highest BCUT2D eigenvalue weighted by Gasteiger charge is 2.26. The fraction of sp³-hybridized carbons (Fsp3) is 0.333. The zero-order valence-electron chi connectivity index (χ0n) is 9.59. The molecule has 0 radical (unpaired) electrons. The van der Waals surface area contributed by atoms with Crippen LogP contribution in [0.4, 0.5) is 0 Å². The van der Waals surface area contributed by atoms with Crippen molar-refractivity contribution in [3.8, 4) is 0 Å². The Morgan fingerprint density at radius 3 is 1.39 bits per heavy atom. The molecule has 0 saturated heterocycles. The van der Waals surface area contributed by atoms with Crippen LogP contribution >= 0.6 is 0 Å². The van der Waals surface area contributed by atoms with Crippen molar-refractivity contribution in [1.82, 2.24) is 0 Å². The average Bonchev–Trinajstić information content (AvgIpc) is 2.29. The predicted molar refractivity (Wildman–Crippen MR) is 61.9 cm³/mol. The van der Waals surface area contributed by atoms with E-state index in [1.165, 1.54) is 12.1 Å². The highest BCUT2D eigenvalue weighted by Crippen LogP contribution is 2.30. The number of carbonyl (C=O) groups is 2. The van der Waals surface area contributed by atoms with E-state index < -0.39 is 11.9 Å². The van der Waals surface area contributed by atoms with Gasteiger partial charge < -0.3 is 20.4 Å². The standard InChI is InChI=1S/C10H8O4.C2H6O2/c11-9(12)7-3-4-8(10(13)14)6-2-1-5(6)7;3-1-2-4/h3-4H,1-2H2,(H,11,12)(H,13,14);3-4H,1-2H2. The summed E-state index contributed by atoms with van der Waals surface area (Å²) >= 11 is 0. The minimum absolute atomic E-state index is 0.125. The number of aliphatic hydroxyl groups excluding tert-OH is 2. The molecule has 6 nitrogen and oxygen atoms in total. The third-order valence-electron chi connectivity index (χ3n) is 2.62. The average molecular weight is 254 g/mol. The first-order valence-electron chi connectivity index (χ1n) is 5.36. The van der Waals surface area contributed by atoms with Crippen molar-refractivity contribution in [2.45, 2.75) is 12.8 Å². The van der Waals surface area contributed by atoms with Crippen LogP contribution in [0.1, 0.15) is 31.8 Å². The Morgan fingerprint density at radius 2 is 1.22 bits per heavy atom. The minimum Gasteiger partial charge on any atom is -0.478 e. The SMILES string of the molecule is O=C(O)c1ccc(C(=O)O)c2c1CC2.OCCO. The van der Waals surface area contributed by atoms with Crippen molar-refractivity contribution in [2.75, 3.05) is 13.2 Å². The van der Waals surface area contributed by atoms with Gasteiger partial charge in [-0.15, -0.1) is 0 Å². The van der Waals surface area contributed by atoms with E-state index in [1.54, 1.807) is 0 Å². The molecule has 0 aromatic heterocycles. The van der Waals surface area contributed by atoms with Crippen molar-refractivity contribution in [3.05, 3.63) is 34.4 Å². The summed E-state index contributed by atoms with van der Waals surface area (Å²) < 4.78 is 0. The maximum atomic E-state index is 10.7. The molecule has 6 heteroatoms. The number of fused-ring (bicyclic) bond motifs is 1. The molecule has 0 spiro atoms. The first-order valence-corrected chi connectivity index (χ1v) is 5.36. The third kappa shape index (κ3) is 2.85.